The van der Waals surface area contributed by atoms with E-state index in [1.807, 2.05) is 23.5 Å². The van der Waals surface area contributed by atoms with E-state index in [0.717, 1.165) is 22.8 Å². The zero-order valence-corrected chi connectivity index (χ0v) is 14.8. The summed E-state index contributed by atoms with van der Waals surface area (Å²) in [4.78, 5) is 2.77. The fraction of sp³-hybridized carbons (Fsp3) is 0.412. The van der Waals surface area contributed by atoms with Crippen LogP contribution in [0.25, 0.3) is 0 Å². The molecule has 4 heteroatoms. The Morgan fingerprint density at radius 1 is 1.29 bits per heavy atom. The van der Waals surface area contributed by atoms with E-state index in [1.165, 1.54) is 33.7 Å². The first-order chi connectivity index (χ1) is 10.1. The molecule has 112 valence electrons. The third kappa shape index (κ3) is 4.09. The fourth-order valence-electron chi connectivity index (χ4n) is 2.22. The Morgan fingerprint density at radius 2 is 2.10 bits per heavy atom. The van der Waals surface area contributed by atoms with E-state index in [-0.39, 0.29) is 0 Å². The van der Waals surface area contributed by atoms with E-state index < -0.39 is 0 Å². The van der Waals surface area contributed by atoms with Gasteiger partial charge in [0.25, 0.3) is 0 Å². The molecule has 0 radical (unpaired) electrons. The molecule has 0 aliphatic heterocycles. The molecule has 0 spiro atoms. The van der Waals surface area contributed by atoms with Crippen molar-refractivity contribution in [2.75, 3.05) is 0 Å². The largest absolute Gasteiger partial charge is 0.489 e. The third-order valence-electron chi connectivity index (χ3n) is 3.74. The highest BCUT2D eigenvalue weighted by molar-refractivity contribution is 9.10. The van der Waals surface area contributed by atoms with Crippen LogP contribution in [0, 0.1) is 13.8 Å². The Bertz CT molecular complexity index is 634. The smallest absolute Gasteiger partial charge is 0.120 e. The summed E-state index contributed by atoms with van der Waals surface area (Å²) in [6, 6.07) is 9.16. The van der Waals surface area contributed by atoms with Crippen molar-refractivity contribution in [3.05, 3.63) is 49.6 Å². The van der Waals surface area contributed by atoms with E-state index in [0.29, 0.717) is 6.61 Å². The number of benzene rings is 1. The average Bonchev–Trinajstić information content (AvgIpc) is 3.22. The molecule has 1 fully saturated rings. The number of rotatable bonds is 6. The summed E-state index contributed by atoms with van der Waals surface area (Å²) >= 11 is 5.39. The van der Waals surface area contributed by atoms with E-state index in [2.05, 4.69) is 47.2 Å². The lowest BCUT2D eigenvalue weighted by Crippen LogP contribution is -2.14. The average molecular weight is 366 g/mol. The summed E-state index contributed by atoms with van der Waals surface area (Å²) in [6.07, 6.45) is 2.67. The molecule has 1 saturated carbocycles. The predicted octanol–water partition coefficient (Wildman–Crippen LogP) is 4.96. The molecule has 1 heterocycles. The molecule has 1 aromatic heterocycles. The minimum atomic E-state index is 0.646. The second-order valence-corrected chi connectivity index (χ2v) is 7.84. The van der Waals surface area contributed by atoms with Crippen LogP contribution in [0.5, 0.6) is 5.75 Å². The van der Waals surface area contributed by atoms with Crippen molar-refractivity contribution in [1.29, 1.82) is 0 Å². The fourth-order valence-corrected chi connectivity index (χ4v) is 3.46. The zero-order valence-electron chi connectivity index (χ0n) is 12.4. The molecule has 1 N–H and O–H groups in total. The Hall–Kier alpha value is -0.840. The van der Waals surface area contributed by atoms with Gasteiger partial charge in [-0.25, -0.2) is 0 Å². The maximum absolute atomic E-state index is 5.93. The first-order valence-corrected chi connectivity index (χ1v) is 8.93. The van der Waals surface area contributed by atoms with Gasteiger partial charge < -0.3 is 10.1 Å². The molecule has 0 unspecified atom stereocenters. The molecule has 1 aliphatic carbocycles. The molecule has 2 aromatic rings. The molecule has 1 aliphatic rings. The van der Waals surface area contributed by atoms with Gasteiger partial charge >= 0.3 is 0 Å². The van der Waals surface area contributed by atoms with Crippen molar-refractivity contribution in [2.45, 2.75) is 45.9 Å². The van der Waals surface area contributed by atoms with Gasteiger partial charge in [0.1, 0.15) is 12.4 Å². The van der Waals surface area contributed by atoms with Crippen LogP contribution >= 0.6 is 27.3 Å². The zero-order chi connectivity index (χ0) is 14.8. The third-order valence-corrected chi connectivity index (χ3v) is 5.72. The number of ether oxygens (including phenoxy) is 1. The summed E-state index contributed by atoms with van der Waals surface area (Å²) in [5, 5.41) is 3.57. The highest BCUT2D eigenvalue weighted by Crippen LogP contribution is 2.26. The standard InChI is InChI=1S/C17H20BrNOS/c1-11-7-15(5-6-17(11)18)20-10-13-8-16(21-12(13)2)9-19-14-3-4-14/h5-8,14,19H,3-4,9-10H2,1-2H3. The molecule has 0 saturated heterocycles. The number of hydrogen-bond donors (Lipinski definition) is 1. The predicted molar refractivity (Wildman–Crippen MR) is 92.1 cm³/mol. The molecule has 21 heavy (non-hydrogen) atoms. The minimum Gasteiger partial charge on any atom is -0.489 e. The van der Waals surface area contributed by atoms with Gasteiger partial charge in [-0.3, -0.25) is 0 Å². The van der Waals surface area contributed by atoms with Crippen LogP contribution in [0.1, 0.15) is 33.7 Å². The summed E-state index contributed by atoms with van der Waals surface area (Å²) in [5.74, 6) is 0.930. The minimum absolute atomic E-state index is 0.646. The second kappa shape index (κ2) is 6.51. The van der Waals surface area contributed by atoms with Crippen LogP contribution in [0.2, 0.25) is 0 Å². The van der Waals surface area contributed by atoms with Crippen LogP contribution in [-0.2, 0) is 13.2 Å². The first kappa shape index (κ1) is 15.1. The van der Waals surface area contributed by atoms with E-state index in [1.54, 1.807) is 0 Å². The van der Waals surface area contributed by atoms with E-state index >= 15 is 0 Å². The lowest BCUT2D eigenvalue weighted by molar-refractivity contribution is 0.305. The molecular weight excluding hydrogens is 346 g/mol. The molecule has 0 bridgehead atoms. The Labute approximate surface area is 138 Å². The number of thiophene rings is 1. The highest BCUT2D eigenvalue weighted by atomic mass is 79.9. The molecule has 3 rings (SSSR count). The molecule has 1 aromatic carbocycles. The maximum atomic E-state index is 5.93. The topological polar surface area (TPSA) is 21.3 Å². The van der Waals surface area contributed by atoms with Crippen molar-refractivity contribution in [3.63, 3.8) is 0 Å². The lowest BCUT2D eigenvalue weighted by Gasteiger charge is -2.07. The van der Waals surface area contributed by atoms with Crippen molar-refractivity contribution in [2.24, 2.45) is 0 Å². The van der Waals surface area contributed by atoms with Crippen LogP contribution < -0.4 is 10.1 Å². The van der Waals surface area contributed by atoms with E-state index in [9.17, 15) is 0 Å². The summed E-state index contributed by atoms with van der Waals surface area (Å²) in [7, 11) is 0. The van der Waals surface area contributed by atoms with Crippen LogP contribution in [0.15, 0.2) is 28.7 Å². The van der Waals surface area contributed by atoms with Crippen LogP contribution in [-0.4, -0.2) is 6.04 Å². The highest BCUT2D eigenvalue weighted by Gasteiger charge is 2.20. The van der Waals surface area contributed by atoms with Crippen LogP contribution in [0.3, 0.4) is 0 Å². The summed E-state index contributed by atoms with van der Waals surface area (Å²) in [5.41, 5.74) is 2.50. The number of aryl methyl sites for hydroxylation is 2. The monoisotopic (exact) mass is 365 g/mol. The van der Waals surface area contributed by atoms with Gasteiger partial charge in [0.15, 0.2) is 0 Å². The molecular formula is C17H20BrNOS. The molecule has 2 nitrogen and oxygen atoms in total. The van der Waals surface area contributed by atoms with Crippen molar-refractivity contribution in [1.82, 2.24) is 5.32 Å². The number of halogens is 1. The SMILES string of the molecule is Cc1cc(OCc2cc(CNC3CC3)sc2C)ccc1Br. The Balaban J connectivity index is 1.59. The van der Waals surface area contributed by atoms with Gasteiger partial charge in [0.2, 0.25) is 0 Å². The van der Waals surface area contributed by atoms with Gasteiger partial charge in [0, 0.05) is 32.4 Å². The van der Waals surface area contributed by atoms with E-state index in [4.69, 9.17) is 4.74 Å². The van der Waals surface area contributed by atoms with Gasteiger partial charge in [-0.1, -0.05) is 15.9 Å². The summed E-state index contributed by atoms with van der Waals surface area (Å²) in [6.45, 7) is 5.89. The quantitative estimate of drug-likeness (QED) is 0.780. The lowest BCUT2D eigenvalue weighted by atomic mass is 10.2. The van der Waals surface area contributed by atoms with Crippen LogP contribution in [0.4, 0.5) is 0 Å². The van der Waals surface area contributed by atoms with Gasteiger partial charge in [-0.2, -0.15) is 0 Å². The van der Waals surface area contributed by atoms with Gasteiger partial charge in [0.05, 0.1) is 0 Å². The van der Waals surface area contributed by atoms with Gasteiger partial charge in [-0.05, 0) is 56.5 Å². The van der Waals surface area contributed by atoms with Crippen molar-refractivity contribution < 1.29 is 4.74 Å². The molecule has 0 atom stereocenters. The molecule has 0 amide bonds. The van der Waals surface area contributed by atoms with Crippen molar-refractivity contribution >= 4 is 27.3 Å². The van der Waals surface area contributed by atoms with Crippen molar-refractivity contribution in [3.8, 4) is 5.75 Å². The normalized spacial score (nSPS) is 14.4. The number of hydrogen-bond acceptors (Lipinski definition) is 3. The Morgan fingerprint density at radius 3 is 2.81 bits per heavy atom. The first-order valence-electron chi connectivity index (χ1n) is 7.32. The maximum Gasteiger partial charge on any atom is 0.120 e. The summed E-state index contributed by atoms with van der Waals surface area (Å²) < 4.78 is 7.05. The Kier molecular flexibility index (Phi) is 4.67. The van der Waals surface area contributed by atoms with Gasteiger partial charge in [-0.15, -0.1) is 11.3 Å². The number of nitrogens with one attached hydrogen (secondary N) is 1. The second-order valence-electron chi connectivity index (χ2n) is 5.65.